The molecule has 3 N–H and O–H groups in total. The quantitative estimate of drug-likeness (QED) is 0.470. The Kier molecular flexibility index (Phi) is 10.3. The maximum absolute atomic E-state index is 12.2. The van der Waals surface area contributed by atoms with Crippen LogP contribution in [0.4, 0.5) is 0 Å². The molecule has 1 aromatic rings. The summed E-state index contributed by atoms with van der Waals surface area (Å²) in [5.74, 6) is 0.330. The Morgan fingerprint density at radius 2 is 2.00 bits per heavy atom. The number of carboxylic acid groups (broad SMARTS) is 1. The first-order valence-electron chi connectivity index (χ1n) is 8.44. The van der Waals surface area contributed by atoms with E-state index in [2.05, 4.69) is 10.2 Å². The number of nitrogens with zero attached hydrogens (tertiary/aromatic N) is 1. The normalized spacial score (nSPS) is 19.8. The zero-order valence-corrected chi connectivity index (χ0v) is 15.3. The number of aliphatic hydroxyl groups excluding tert-OH is 1. The smallest absolute Gasteiger partial charge is 0.290 e. The lowest BCUT2D eigenvalue weighted by molar-refractivity contribution is -0.131. The predicted octanol–water partition coefficient (Wildman–Crippen LogP) is 0.341. The minimum atomic E-state index is -0.553. The molecule has 26 heavy (non-hydrogen) atoms. The molecule has 146 valence electrons. The standard InChI is InChI=1S/C17H26N2O4.CH2O2/c1-19-8-7-16(20)15(12-19)17(21)18-11-13-3-5-14(6-4-13)23-10-9-22-2;2-1-3/h3-6,15-16,20H,7-12H2,1-2H3,(H,18,21);1H,(H,2,3)/t15-,16-;/m1./s1. The van der Waals surface area contributed by atoms with E-state index in [-0.39, 0.29) is 18.3 Å². The zero-order chi connectivity index (χ0) is 19.4. The van der Waals surface area contributed by atoms with Crippen molar-refractivity contribution in [1.29, 1.82) is 0 Å². The van der Waals surface area contributed by atoms with Crippen molar-refractivity contribution in [2.75, 3.05) is 40.5 Å². The number of amides is 1. The lowest BCUT2D eigenvalue weighted by Gasteiger charge is -2.32. The first-order chi connectivity index (χ1) is 12.5. The minimum absolute atomic E-state index is 0.0931. The monoisotopic (exact) mass is 368 g/mol. The molecule has 0 radical (unpaired) electrons. The SMILES string of the molecule is COCCOc1ccc(CNC(=O)[C@@H]2CN(C)CC[C@H]2O)cc1.O=CO. The molecule has 8 heteroatoms. The minimum Gasteiger partial charge on any atom is -0.491 e. The van der Waals surface area contributed by atoms with Gasteiger partial charge in [0, 0.05) is 26.7 Å². The number of benzene rings is 1. The summed E-state index contributed by atoms with van der Waals surface area (Å²) in [5.41, 5.74) is 0.996. The van der Waals surface area contributed by atoms with Crippen LogP contribution in [0.25, 0.3) is 0 Å². The summed E-state index contributed by atoms with van der Waals surface area (Å²) in [5, 5.41) is 19.8. The van der Waals surface area contributed by atoms with Crippen molar-refractivity contribution in [3.05, 3.63) is 29.8 Å². The maximum Gasteiger partial charge on any atom is 0.290 e. The molecule has 1 aromatic carbocycles. The Hall–Kier alpha value is -2.16. The van der Waals surface area contributed by atoms with Crippen LogP contribution in [0.15, 0.2) is 24.3 Å². The molecule has 1 aliphatic rings. The van der Waals surface area contributed by atoms with Crippen LogP contribution >= 0.6 is 0 Å². The third kappa shape index (κ3) is 7.81. The van der Waals surface area contributed by atoms with Crippen molar-refractivity contribution < 1.29 is 29.3 Å². The molecule has 0 spiro atoms. The van der Waals surface area contributed by atoms with E-state index in [9.17, 15) is 9.90 Å². The van der Waals surface area contributed by atoms with Gasteiger partial charge in [-0.1, -0.05) is 12.1 Å². The Labute approximate surface area is 153 Å². The van der Waals surface area contributed by atoms with Gasteiger partial charge >= 0.3 is 0 Å². The molecule has 8 nitrogen and oxygen atoms in total. The second-order valence-corrected chi connectivity index (χ2v) is 6.03. The number of carbonyl (C=O) groups is 2. The summed E-state index contributed by atoms with van der Waals surface area (Å²) in [7, 11) is 3.60. The fourth-order valence-corrected chi connectivity index (χ4v) is 2.63. The summed E-state index contributed by atoms with van der Waals surface area (Å²) in [6, 6.07) is 7.60. The summed E-state index contributed by atoms with van der Waals surface area (Å²) >= 11 is 0. The summed E-state index contributed by atoms with van der Waals surface area (Å²) in [4.78, 5) is 22.7. The van der Waals surface area contributed by atoms with Gasteiger partial charge in [-0.3, -0.25) is 9.59 Å². The van der Waals surface area contributed by atoms with E-state index in [1.165, 1.54) is 0 Å². The van der Waals surface area contributed by atoms with Crippen LogP contribution < -0.4 is 10.1 Å². The number of nitrogens with one attached hydrogen (secondary N) is 1. The highest BCUT2D eigenvalue weighted by Crippen LogP contribution is 2.17. The Bertz CT molecular complexity index is 537. The van der Waals surface area contributed by atoms with Crippen LogP contribution in [0, 0.1) is 5.92 Å². The highest BCUT2D eigenvalue weighted by atomic mass is 16.5. The molecular formula is C18H28N2O6. The van der Waals surface area contributed by atoms with Crippen molar-refractivity contribution in [3.63, 3.8) is 0 Å². The van der Waals surface area contributed by atoms with Crippen molar-refractivity contribution in [3.8, 4) is 5.75 Å². The number of ether oxygens (including phenoxy) is 2. The highest BCUT2D eigenvalue weighted by Gasteiger charge is 2.31. The number of carbonyl (C=O) groups excluding carboxylic acids is 1. The number of piperidine rings is 1. The second-order valence-electron chi connectivity index (χ2n) is 6.03. The molecule has 2 rings (SSSR count). The van der Waals surface area contributed by atoms with Crippen molar-refractivity contribution in [2.45, 2.75) is 19.1 Å². The van der Waals surface area contributed by atoms with Gasteiger partial charge in [-0.15, -0.1) is 0 Å². The third-order valence-corrected chi connectivity index (χ3v) is 4.06. The zero-order valence-electron chi connectivity index (χ0n) is 15.3. The number of rotatable bonds is 7. The van der Waals surface area contributed by atoms with Crippen LogP contribution in [-0.2, 0) is 20.9 Å². The number of hydrogen-bond donors (Lipinski definition) is 3. The fraction of sp³-hybridized carbons (Fsp3) is 0.556. The molecule has 0 unspecified atom stereocenters. The maximum atomic E-state index is 12.2. The molecule has 1 amide bonds. The molecular weight excluding hydrogens is 340 g/mol. The Balaban J connectivity index is 0.00000105. The molecule has 0 aliphatic carbocycles. The van der Waals surface area contributed by atoms with Crippen LogP contribution in [-0.4, -0.2) is 74.1 Å². The van der Waals surface area contributed by atoms with E-state index in [4.69, 9.17) is 19.4 Å². The van der Waals surface area contributed by atoms with Gasteiger partial charge in [0.25, 0.3) is 6.47 Å². The largest absolute Gasteiger partial charge is 0.491 e. The van der Waals surface area contributed by atoms with Crippen LogP contribution in [0.5, 0.6) is 5.75 Å². The molecule has 2 atom stereocenters. The van der Waals surface area contributed by atoms with E-state index in [0.29, 0.717) is 32.7 Å². The molecule has 1 heterocycles. The topological polar surface area (TPSA) is 108 Å². The predicted molar refractivity (Wildman–Crippen MR) is 96.0 cm³/mol. The van der Waals surface area contributed by atoms with E-state index in [1.807, 2.05) is 31.3 Å². The molecule has 1 aliphatic heterocycles. The fourth-order valence-electron chi connectivity index (χ4n) is 2.63. The number of likely N-dealkylation sites (tertiary alicyclic amines) is 1. The molecule has 0 saturated carbocycles. The van der Waals surface area contributed by atoms with Crippen molar-refractivity contribution >= 4 is 12.4 Å². The van der Waals surface area contributed by atoms with Gasteiger partial charge in [0.1, 0.15) is 12.4 Å². The molecule has 1 saturated heterocycles. The van der Waals surface area contributed by atoms with E-state index >= 15 is 0 Å². The Morgan fingerprint density at radius 3 is 2.62 bits per heavy atom. The third-order valence-electron chi connectivity index (χ3n) is 4.06. The Morgan fingerprint density at radius 1 is 1.35 bits per heavy atom. The number of aliphatic hydroxyl groups is 1. The number of methoxy groups -OCH3 is 1. The van der Waals surface area contributed by atoms with Gasteiger partial charge in [-0.25, -0.2) is 0 Å². The van der Waals surface area contributed by atoms with E-state index < -0.39 is 6.10 Å². The lowest BCUT2D eigenvalue weighted by Crippen LogP contribution is -2.48. The van der Waals surface area contributed by atoms with Gasteiger partial charge in [0.15, 0.2) is 0 Å². The van der Waals surface area contributed by atoms with Crippen molar-refractivity contribution in [1.82, 2.24) is 10.2 Å². The summed E-state index contributed by atoms with van der Waals surface area (Å²) in [6.45, 7) is 2.69. The summed E-state index contributed by atoms with van der Waals surface area (Å²) in [6.07, 6.45) is 0.0880. The second kappa shape index (κ2) is 12.2. The number of hydrogen-bond acceptors (Lipinski definition) is 6. The van der Waals surface area contributed by atoms with Gasteiger partial charge in [-0.05, 0) is 31.2 Å². The van der Waals surface area contributed by atoms with Gasteiger partial charge in [-0.2, -0.15) is 0 Å². The van der Waals surface area contributed by atoms with Crippen LogP contribution in [0.3, 0.4) is 0 Å². The van der Waals surface area contributed by atoms with Crippen LogP contribution in [0.1, 0.15) is 12.0 Å². The first-order valence-corrected chi connectivity index (χ1v) is 8.44. The van der Waals surface area contributed by atoms with Crippen LogP contribution in [0.2, 0.25) is 0 Å². The molecule has 0 aromatic heterocycles. The van der Waals surface area contributed by atoms with Gasteiger partial charge in [0.05, 0.1) is 18.6 Å². The summed E-state index contributed by atoms with van der Waals surface area (Å²) < 4.78 is 10.4. The van der Waals surface area contributed by atoms with E-state index in [0.717, 1.165) is 17.9 Å². The molecule has 1 fully saturated rings. The molecule has 0 bridgehead atoms. The highest BCUT2D eigenvalue weighted by molar-refractivity contribution is 5.79. The first kappa shape index (κ1) is 21.9. The van der Waals surface area contributed by atoms with E-state index in [1.54, 1.807) is 7.11 Å². The average Bonchev–Trinajstić information content (AvgIpc) is 2.63. The van der Waals surface area contributed by atoms with Gasteiger partial charge < -0.3 is 29.9 Å². The van der Waals surface area contributed by atoms with Crippen molar-refractivity contribution in [2.24, 2.45) is 5.92 Å². The van der Waals surface area contributed by atoms with Gasteiger partial charge in [0.2, 0.25) is 5.91 Å². The average molecular weight is 368 g/mol. The lowest BCUT2D eigenvalue weighted by atomic mass is 9.94.